The van der Waals surface area contributed by atoms with Gasteiger partial charge in [0, 0.05) is 24.4 Å². The van der Waals surface area contributed by atoms with Crippen LogP contribution < -0.4 is 15.4 Å². The molecule has 136 valence electrons. The van der Waals surface area contributed by atoms with Crippen molar-refractivity contribution in [3.8, 4) is 11.5 Å². The Morgan fingerprint density at radius 1 is 1.38 bits per heavy atom. The van der Waals surface area contributed by atoms with Crippen molar-refractivity contribution in [2.75, 3.05) is 18.7 Å². The van der Waals surface area contributed by atoms with Gasteiger partial charge in [0.2, 0.25) is 5.91 Å². The first-order valence-electron chi connectivity index (χ1n) is 8.12. The molecule has 0 saturated carbocycles. The number of phenolic OH excluding ortho intramolecular Hbond substituents is 1. The number of primary amides is 1. The fourth-order valence-electron chi connectivity index (χ4n) is 3.27. The highest BCUT2D eigenvalue weighted by Gasteiger charge is 2.44. The first-order valence-corrected chi connectivity index (χ1v) is 8.12. The molecule has 0 aliphatic carbocycles. The second-order valence-corrected chi connectivity index (χ2v) is 6.23. The van der Waals surface area contributed by atoms with Gasteiger partial charge in [-0.25, -0.2) is 0 Å². The fraction of sp³-hybridized carbons (Fsp3) is 0.263. The number of nitrogens with zero attached hydrogens (tertiary/aromatic N) is 2. The number of amides is 1. The Hall–Kier alpha value is -3.06. The van der Waals surface area contributed by atoms with Crippen LogP contribution in [0, 0.1) is 6.92 Å². The highest BCUT2D eigenvalue weighted by molar-refractivity contribution is 6.08. The molecule has 7 heteroatoms. The van der Waals surface area contributed by atoms with Crippen molar-refractivity contribution in [1.29, 1.82) is 0 Å². The predicted octanol–water partition coefficient (Wildman–Crippen LogP) is 1.65. The zero-order chi connectivity index (χ0) is 18.9. The lowest BCUT2D eigenvalue weighted by molar-refractivity contribution is -0.121. The molecule has 0 fully saturated rings. The Balaban J connectivity index is 2.13. The van der Waals surface area contributed by atoms with Gasteiger partial charge in [0.25, 0.3) is 0 Å². The van der Waals surface area contributed by atoms with Gasteiger partial charge >= 0.3 is 0 Å². The van der Waals surface area contributed by atoms with Gasteiger partial charge in [-0.05, 0) is 30.2 Å². The molecule has 0 aromatic heterocycles. The summed E-state index contributed by atoms with van der Waals surface area (Å²) in [7, 11) is 1.45. The summed E-state index contributed by atoms with van der Waals surface area (Å²) in [6.45, 7) is 1.47. The van der Waals surface area contributed by atoms with E-state index in [0.29, 0.717) is 22.7 Å². The molecule has 1 amide bonds. The van der Waals surface area contributed by atoms with Crippen LogP contribution in [0.2, 0.25) is 0 Å². The van der Waals surface area contributed by atoms with Gasteiger partial charge in [0.15, 0.2) is 17.0 Å². The van der Waals surface area contributed by atoms with Crippen molar-refractivity contribution < 1.29 is 19.7 Å². The molecule has 0 bridgehead atoms. The maximum Gasteiger partial charge on any atom is 0.249 e. The highest BCUT2D eigenvalue weighted by Crippen LogP contribution is 2.40. The third-order valence-electron chi connectivity index (χ3n) is 4.71. The maximum atomic E-state index is 12.5. The molecule has 4 N–H and O–H groups in total. The average Bonchev–Trinajstić information content (AvgIpc) is 2.63. The Kier molecular flexibility index (Phi) is 4.56. The number of phenols is 1. The second kappa shape index (κ2) is 6.68. The summed E-state index contributed by atoms with van der Waals surface area (Å²) in [6, 6.07) is 10.5. The molecule has 3 rings (SSSR count). The molecule has 0 radical (unpaired) electrons. The number of para-hydroxylation sites is 1. The Morgan fingerprint density at radius 3 is 2.73 bits per heavy atom. The third-order valence-corrected chi connectivity index (χ3v) is 4.71. The van der Waals surface area contributed by atoms with Crippen LogP contribution in [0.1, 0.15) is 11.1 Å². The molecule has 2 aromatic carbocycles. The van der Waals surface area contributed by atoms with Gasteiger partial charge in [0.1, 0.15) is 6.73 Å². The van der Waals surface area contributed by atoms with Crippen LogP contribution in [-0.2, 0) is 11.2 Å². The summed E-state index contributed by atoms with van der Waals surface area (Å²) in [5, 5.41) is 20.1. The molecule has 1 heterocycles. The van der Waals surface area contributed by atoms with Gasteiger partial charge < -0.3 is 25.6 Å². The van der Waals surface area contributed by atoms with E-state index in [-0.39, 0.29) is 12.2 Å². The standard InChI is InChI=1S/C19H21N3O4/c1-12-5-3-4-6-15(12)22(11-23)19(18(20)25)9-13-7-16(24)17(26-2)8-14(13)21-10-19/h3-8,10,23-24H,9,11H2,1-2H3,(H2,20,25). The van der Waals surface area contributed by atoms with Crippen molar-refractivity contribution >= 4 is 23.5 Å². The summed E-state index contributed by atoms with van der Waals surface area (Å²) >= 11 is 0. The number of methoxy groups -OCH3 is 1. The zero-order valence-electron chi connectivity index (χ0n) is 14.6. The van der Waals surface area contributed by atoms with Crippen molar-refractivity contribution in [3.63, 3.8) is 0 Å². The number of hydrogen-bond acceptors (Lipinski definition) is 6. The van der Waals surface area contributed by atoms with Crippen LogP contribution >= 0.6 is 0 Å². The van der Waals surface area contributed by atoms with E-state index in [2.05, 4.69) is 4.99 Å². The van der Waals surface area contributed by atoms with Crippen LogP contribution in [0.3, 0.4) is 0 Å². The number of hydrogen-bond donors (Lipinski definition) is 3. The Labute approximate surface area is 151 Å². The second-order valence-electron chi connectivity index (χ2n) is 6.23. The number of benzene rings is 2. The van der Waals surface area contributed by atoms with E-state index in [0.717, 1.165) is 5.56 Å². The summed E-state index contributed by atoms with van der Waals surface area (Å²) in [4.78, 5) is 18.4. The first-order chi connectivity index (χ1) is 12.4. The van der Waals surface area contributed by atoms with Crippen LogP contribution in [-0.4, -0.2) is 41.7 Å². The number of fused-ring (bicyclic) bond motifs is 1. The number of aromatic hydroxyl groups is 1. The number of aliphatic hydroxyl groups is 1. The lowest BCUT2D eigenvalue weighted by Gasteiger charge is -2.41. The molecule has 0 saturated heterocycles. The Bertz CT molecular complexity index is 881. The smallest absolute Gasteiger partial charge is 0.249 e. The molecular formula is C19H21N3O4. The van der Waals surface area contributed by atoms with E-state index < -0.39 is 18.2 Å². The minimum Gasteiger partial charge on any atom is -0.504 e. The first kappa shape index (κ1) is 17.8. The number of carbonyl (C=O) groups excluding carboxylic acids is 1. The van der Waals surface area contributed by atoms with Crippen LogP contribution in [0.4, 0.5) is 11.4 Å². The van der Waals surface area contributed by atoms with Crippen molar-refractivity contribution in [1.82, 2.24) is 0 Å². The zero-order valence-corrected chi connectivity index (χ0v) is 14.6. The minimum atomic E-state index is -1.35. The van der Waals surface area contributed by atoms with Gasteiger partial charge in [-0.3, -0.25) is 9.79 Å². The molecule has 1 aliphatic rings. The fourth-order valence-corrected chi connectivity index (χ4v) is 3.27. The maximum absolute atomic E-state index is 12.5. The molecule has 7 nitrogen and oxygen atoms in total. The van der Waals surface area contributed by atoms with Crippen LogP contribution in [0.5, 0.6) is 11.5 Å². The third kappa shape index (κ3) is 2.76. The van der Waals surface area contributed by atoms with Gasteiger partial charge in [-0.15, -0.1) is 0 Å². The number of aliphatic hydroxyl groups excluding tert-OH is 1. The molecule has 1 aliphatic heterocycles. The highest BCUT2D eigenvalue weighted by atomic mass is 16.5. The summed E-state index contributed by atoms with van der Waals surface area (Å²) in [5.41, 5.74) is 7.18. The number of aryl methyl sites for hydroxylation is 1. The lowest BCUT2D eigenvalue weighted by atomic mass is 9.85. The minimum absolute atomic E-state index is 0.0480. The van der Waals surface area contributed by atoms with E-state index in [1.54, 1.807) is 6.07 Å². The SMILES string of the molecule is COc1cc2c(cc1O)CC(C(N)=O)(N(CO)c1ccccc1C)C=N2. The molecule has 26 heavy (non-hydrogen) atoms. The number of carbonyl (C=O) groups is 1. The van der Waals surface area contributed by atoms with Crippen molar-refractivity contribution in [3.05, 3.63) is 47.5 Å². The summed E-state index contributed by atoms with van der Waals surface area (Å²) in [6.07, 6.45) is 1.62. The monoisotopic (exact) mass is 355 g/mol. The quantitative estimate of drug-likeness (QED) is 0.707. The molecule has 0 spiro atoms. The number of aliphatic imine (C=N–C) groups is 1. The largest absolute Gasteiger partial charge is 0.504 e. The number of anilines is 1. The lowest BCUT2D eigenvalue weighted by Crippen LogP contribution is -2.62. The topological polar surface area (TPSA) is 108 Å². The summed E-state index contributed by atoms with van der Waals surface area (Å²) < 4.78 is 5.10. The average molecular weight is 355 g/mol. The number of ether oxygens (including phenoxy) is 1. The van der Waals surface area contributed by atoms with E-state index in [4.69, 9.17) is 10.5 Å². The number of rotatable bonds is 5. The van der Waals surface area contributed by atoms with Crippen LogP contribution in [0.25, 0.3) is 0 Å². The van der Waals surface area contributed by atoms with E-state index in [1.807, 2.05) is 31.2 Å². The molecular weight excluding hydrogens is 334 g/mol. The van der Waals surface area contributed by atoms with Crippen molar-refractivity contribution in [2.45, 2.75) is 18.9 Å². The summed E-state index contributed by atoms with van der Waals surface area (Å²) in [5.74, 6) is -0.391. The molecule has 1 unspecified atom stereocenters. The Morgan fingerprint density at radius 2 is 2.12 bits per heavy atom. The van der Waals surface area contributed by atoms with Gasteiger partial charge in [0.05, 0.1) is 12.8 Å². The molecule has 1 atom stereocenters. The van der Waals surface area contributed by atoms with E-state index >= 15 is 0 Å². The molecule has 2 aromatic rings. The van der Waals surface area contributed by atoms with Crippen LogP contribution in [0.15, 0.2) is 41.4 Å². The van der Waals surface area contributed by atoms with Crippen molar-refractivity contribution in [2.24, 2.45) is 10.7 Å². The normalized spacial score (nSPS) is 18.3. The van der Waals surface area contributed by atoms with Gasteiger partial charge in [-0.2, -0.15) is 0 Å². The number of nitrogens with two attached hydrogens (primary N) is 1. The van der Waals surface area contributed by atoms with E-state index in [1.165, 1.54) is 24.3 Å². The van der Waals surface area contributed by atoms with Gasteiger partial charge in [-0.1, -0.05) is 18.2 Å². The van der Waals surface area contributed by atoms with E-state index in [9.17, 15) is 15.0 Å². The predicted molar refractivity (Wildman–Crippen MR) is 99.2 cm³/mol.